The van der Waals surface area contributed by atoms with E-state index in [1.807, 2.05) is 48.9 Å². The van der Waals surface area contributed by atoms with Crippen molar-refractivity contribution in [3.63, 3.8) is 0 Å². The highest BCUT2D eigenvalue weighted by molar-refractivity contribution is 5.94. The van der Waals surface area contributed by atoms with Gasteiger partial charge in [-0.05, 0) is 37.6 Å². The largest absolute Gasteiger partial charge is 0.350 e. The van der Waals surface area contributed by atoms with Gasteiger partial charge in [-0.15, -0.1) is 0 Å². The van der Waals surface area contributed by atoms with Crippen LogP contribution in [0.5, 0.6) is 0 Å². The Hall–Kier alpha value is -2.83. The van der Waals surface area contributed by atoms with Crippen molar-refractivity contribution in [2.24, 2.45) is 0 Å². The number of benzene rings is 1. The lowest BCUT2D eigenvalue weighted by Crippen LogP contribution is -2.36. The second-order valence-electron chi connectivity index (χ2n) is 6.26. The highest BCUT2D eigenvalue weighted by atomic mass is 16.2. The number of hydrogen-bond acceptors (Lipinski definition) is 3. The van der Waals surface area contributed by atoms with Gasteiger partial charge in [0.25, 0.3) is 5.91 Å². The summed E-state index contributed by atoms with van der Waals surface area (Å²) in [5.41, 5.74) is 3.82. The molecule has 7 heteroatoms. The summed E-state index contributed by atoms with van der Waals surface area (Å²) in [7, 11) is 0. The Morgan fingerprint density at radius 2 is 2.04 bits per heavy atom. The van der Waals surface area contributed by atoms with Crippen molar-refractivity contribution in [3.05, 3.63) is 52.8 Å². The van der Waals surface area contributed by atoms with E-state index in [4.69, 9.17) is 0 Å². The summed E-state index contributed by atoms with van der Waals surface area (Å²) in [5.74, 6) is -0.128. The maximum absolute atomic E-state index is 12.2. The maximum Gasteiger partial charge on any atom is 0.317 e. The van der Waals surface area contributed by atoms with Gasteiger partial charge in [0.15, 0.2) is 0 Å². The van der Waals surface area contributed by atoms with Gasteiger partial charge in [-0.1, -0.05) is 12.1 Å². The Labute approximate surface area is 147 Å². The van der Waals surface area contributed by atoms with Crippen molar-refractivity contribution < 1.29 is 9.59 Å². The molecule has 0 saturated carbocycles. The summed E-state index contributed by atoms with van der Waals surface area (Å²) in [6, 6.07) is 9.50. The van der Waals surface area contributed by atoms with E-state index in [9.17, 15) is 9.59 Å². The summed E-state index contributed by atoms with van der Waals surface area (Å²) in [4.78, 5) is 25.3. The van der Waals surface area contributed by atoms with Crippen LogP contribution in [0.25, 0.3) is 0 Å². The second-order valence-corrected chi connectivity index (χ2v) is 6.26. The van der Waals surface area contributed by atoms with Crippen LogP contribution in [0, 0.1) is 13.8 Å². The van der Waals surface area contributed by atoms with E-state index in [-0.39, 0.29) is 11.9 Å². The number of amides is 3. The van der Waals surface area contributed by atoms with E-state index in [1.165, 1.54) is 0 Å². The molecular formula is C18H23N5O2. The average Bonchev–Trinajstić information content (AvgIpc) is 3.13. The molecule has 1 aromatic carbocycles. The zero-order valence-electron chi connectivity index (χ0n) is 14.6. The third-order valence-corrected chi connectivity index (χ3v) is 4.26. The van der Waals surface area contributed by atoms with Crippen molar-refractivity contribution in [1.29, 1.82) is 0 Å². The van der Waals surface area contributed by atoms with Gasteiger partial charge in [0.2, 0.25) is 0 Å². The van der Waals surface area contributed by atoms with Crippen LogP contribution in [0.4, 0.5) is 4.79 Å². The Balaban J connectivity index is 1.51. The molecule has 2 heterocycles. The highest BCUT2D eigenvalue weighted by Gasteiger charge is 2.18. The van der Waals surface area contributed by atoms with E-state index in [0.29, 0.717) is 38.3 Å². The highest BCUT2D eigenvalue weighted by Crippen LogP contribution is 2.09. The molecule has 25 heavy (non-hydrogen) atoms. The van der Waals surface area contributed by atoms with E-state index in [0.717, 1.165) is 17.0 Å². The summed E-state index contributed by atoms with van der Waals surface area (Å²) in [6.07, 6.45) is 0. The van der Waals surface area contributed by atoms with Crippen LogP contribution in [0.2, 0.25) is 0 Å². The van der Waals surface area contributed by atoms with Crippen LogP contribution in [0.15, 0.2) is 30.3 Å². The molecule has 0 bridgehead atoms. The van der Waals surface area contributed by atoms with Crippen LogP contribution in [-0.2, 0) is 6.54 Å². The van der Waals surface area contributed by atoms with Gasteiger partial charge in [0.1, 0.15) is 0 Å². The van der Waals surface area contributed by atoms with Crippen LogP contribution >= 0.6 is 0 Å². The van der Waals surface area contributed by atoms with Gasteiger partial charge in [0, 0.05) is 37.4 Å². The van der Waals surface area contributed by atoms with E-state index >= 15 is 0 Å². The van der Waals surface area contributed by atoms with Gasteiger partial charge >= 0.3 is 6.03 Å². The molecule has 1 saturated heterocycles. The van der Waals surface area contributed by atoms with Gasteiger partial charge in [-0.25, -0.2) is 4.79 Å². The summed E-state index contributed by atoms with van der Waals surface area (Å²) in [6.45, 7) is 7.02. The Morgan fingerprint density at radius 3 is 2.64 bits per heavy atom. The van der Waals surface area contributed by atoms with Crippen molar-refractivity contribution in [2.75, 3.05) is 26.2 Å². The predicted molar refractivity (Wildman–Crippen MR) is 94.5 cm³/mol. The zero-order chi connectivity index (χ0) is 17.8. The first-order valence-corrected chi connectivity index (χ1v) is 8.44. The number of aromatic nitrogens is 2. The molecule has 0 unspecified atom stereocenters. The molecule has 132 valence electrons. The summed E-state index contributed by atoms with van der Waals surface area (Å²) in [5, 5.41) is 10.0. The number of carbonyl (C=O) groups excluding carboxylic acids is 2. The standard InChI is InChI=1S/C18H23N5O2/c1-13-11-14(2)23(21-13)12-15-3-5-16(6-4-15)17(24)19-7-9-22-10-8-20-18(22)25/h3-6,11H,7-10,12H2,1-2H3,(H,19,24)(H,20,25). The van der Waals surface area contributed by atoms with E-state index in [2.05, 4.69) is 15.7 Å². The third-order valence-electron chi connectivity index (χ3n) is 4.26. The Bertz CT molecular complexity index is 766. The molecule has 7 nitrogen and oxygen atoms in total. The van der Waals surface area contributed by atoms with Crippen molar-refractivity contribution in [2.45, 2.75) is 20.4 Å². The molecule has 0 radical (unpaired) electrons. The molecule has 0 spiro atoms. The molecule has 1 fully saturated rings. The first-order valence-electron chi connectivity index (χ1n) is 8.44. The molecule has 3 rings (SSSR count). The molecule has 1 aliphatic rings. The number of hydrogen-bond donors (Lipinski definition) is 2. The molecule has 2 aromatic rings. The lowest BCUT2D eigenvalue weighted by Gasteiger charge is -2.14. The molecular weight excluding hydrogens is 318 g/mol. The molecule has 1 aliphatic heterocycles. The molecule has 2 N–H and O–H groups in total. The molecule has 3 amide bonds. The zero-order valence-corrected chi connectivity index (χ0v) is 14.6. The van der Waals surface area contributed by atoms with Gasteiger partial charge in [-0.3, -0.25) is 9.48 Å². The minimum absolute atomic E-state index is 0.0669. The second kappa shape index (κ2) is 7.38. The van der Waals surface area contributed by atoms with Gasteiger partial charge in [0.05, 0.1) is 12.2 Å². The quantitative estimate of drug-likeness (QED) is 0.831. The number of nitrogens with zero attached hydrogens (tertiary/aromatic N) is 3. The SMILES string of the molecule is Cc1cc(C)n(Cc2ccc(C(=O)NCCN3CCNC3=O)cc2)n1. The number of carbonyl (C=O) groups is 2. The lowest BCUT2D eigenvalue weighted by atomic mass is 10.1. The predicted octanol–water partition coefficient (Wildman–Crippen LogP) is 1.30. The first-order chi connectivity index (χ1) is 12.0. The average molecular weight is 341 g/mol. The van der Waals surface area contributed by atoms with Crippen molar-refractivity contribution in [1.82, 2.24) is 25.3 Å². The number of rotatable bonds is 6. The van der Waals surface area contributed by atoms with Gasteiger partial charge in [-0.2, -0.15) is 5.10 Å². The fourth-order valence-electron chi connectivity index (χ4n) is 2.90. The van der Waals surface area contributed by atoms with E-state index < -0.39 is 0 Å². The fourth-order valence-corrected chi connectivity index (χ4v) is 2.90. The third kappa shape index (κ3) is 4.17. The normalized spacial score (nSPS) is 13.8. The number of nitrogens with one attached hydrogen (secondary N) is 2. The number of urea groups is 1. The Kier molecular flexibility index (Phi) is 5.02. The number of aryl methyl sites for hydroxylation is 2. The first kappa shape index (κ1) is 17.0. The van der Waals surface area contributed by atoms with Crippen LogP contribution in [0.3, 0.4) is 0 Å². The minimum atomic E-state index is -0.128. The topological polar surface area (TPSA) is 79.3 Å². The van der Waals surface area contributed by atoms with Gasteiger partial charge < -0.3 is 15.5 Å². The smallest absolute Gasteiger partial charge is 0.317 e. The fraction of sp³-hybridized carbons (Fsp3) is 0.389. The van der Waals surface area contributed by atoms with Crippen molar-refractivity contribution in [3.8, 4) is 0 Å². The summed E-state index contributed by atoms with van der Waals surface area (Å²) < 4.78 is 1.95. The molecule has 0 aliphatic carbocycles. The summed E-state index contributed by atoms with van der Waals surface area (Å²) >= 11 is 0. The molecule has 1 aromatic heterocycles. The monoisotopic (exact) mass is 341 g/mol. The van der Waals surface area contributed by atoms with Crippen molar-refractivity contribution >= 4 is 11.9 Å². The van der Waals surface area contributed by atoms with E-state index in [1.54, 1.807) is 4.90 Å². The Morgan fingerprint density at radius 1 is 1.28 bits per heavy atom. The molecule has 0 atom stereocenters. The lowest BCUT2D eigenvalue weighted by molar-refractivity contribution is 0.0950. The van der Waals surface area contributed by atoms with Crippen LogP contribution in [0.1, 0.15) is 27.3 Å². The minimum Gasteiger partial charge on any atom is -0.350 e. The van der Waals surface area contributed by atoms with Crippen LogP contribution < -0.4 is 10.6 Å². The van der Waals surface area contributed by atoms with Crippen LogP contribution in [-0.4, -0.2) is 52.8 Å². The maximum atomic E-state index is 12.2.